The van der Waals surface area contributed by atoms with E-state index >= 15 is 0 Å². The summed E-state index contributed by atoms with van der Waals surface area (Å²) >= 11 is 0. The SMILES string of the molecule is Cc1ccccc1NC(=O)C(C)OC(=O)/C=C/c1cccc([N+](=O)[O-])c1. The fourth-order valence-corrected chi connectivity index (χ4v) is 2.12. The molecule has 0 radical (unpaired) electrons. The molecule has 0 aliphatic heterocycles. The molecule has 0 fully saturated rings. The van der Waals surface area contributed by atoms with E-state index in [2.05, 4.69) is 5.32 Å². The summed E-state index contributed by atoms with van der Waals surface area (Å²) in [5, 5.41) is 13.4. The molecule has 0 spiro atoms. The van der Waals surface area contributed by atoms with Gasteiger partial charge in [0, 0.05) is 23.9 Å². The molecule has 0 saturated heterocycles. The van der Waals surface area contributed by atoms with Crippen molar-refractivity contribution in [2.75, 3.05) is 5.32 Å². The van der Waals surface area contributed by atoms with E-state index in [-0.39, 0.29) is 5.69 Å². The second kappa shape index (κ2) is 8.57. The molecule has 7 nitrogen and oxygen atoms in total. The maximum atomic E-state index is 12.1. The van der Waals surface area contributed by atoms with E-state index < -0.39 is 22.9 Å². The van der Waals surface area contributed by atoms with Crippen LogP contribution in [0.25, 0.3) is 6.08 Å². The number of para-hydroxylation sites is 1. The first kappa shape index (κ1) is 18.9. The first-order valence-electron chi connectivity index (χ1n) is 7.86. The van der Waals surface area contributed by atoms with Crippen LogP contribution in [0.4, 0.5) is 11.4 Å². The number of nitro groups is 1. The molecule has 26 heavy (non-hydrogen) atoms. The van der Waals surface area contributed by atoms with Crippen LogP contribution in [-0.4, -0.2) is 22.9 Å². The number of hydrogen-bond donors (Lipinski definition) is 1. The molecule has 1 N–H and O–H groups in total. The highest BCUT2D eigenvalue weighted by Crippen LogP contribution is 2.15. The normalized spacial score (nSPS) is 11.8. The van der Waals surface area contributed by atoms with Crippen molar-refractivity contribution in [3.05, 3.63) is 75.8 Å². The fourth-order valence-electron chi connectivity index (χ4n) is 2.12. The zero-order valence-corrected chi connectivity index (χ0v) is 14.3. The minimum Gasteiger partial charge on any atom is -0.449 e. The zero-order chi connectivity index (χ0) is 19.1. The second-order valence-corrected chi connectivity index (χ2v) is 5.57. The van der Waals surface area contributed by atoms with E-state index in [4.69, 9.17) is 4.74 Å². The van der Waals surface area contributed by atoms with Crippen molar-refractivity contribution in [3.63, 3.8) is 0 Å². The number of esters is 1. The van der Waals surface area contributed by atoms with Crippen molar-refractivity contribution < 1.29 is 19.2 Å². The van der Waals surface area contributed by atoms with Gasteiger partial charge in [0.05, 0.1) is 4.92 Å². The van der Waals surface area contributed by atoms with Crippen molar-refractivity contribution in [3.8, 4) is 0 Å². The summed E-state index contributed by atoms with van der Waals surface area (Å²) in [4.78, 5) is 34.2. The van der Waals surface area contributed by atoms with Crippen LogP contribution >= 0.6 is 0 Å². The lowest BCUT2D eigenvalue weighted by atomic mass is 10.2. The maximum Gasteiger partial charge on any atom is 0.331 e. The number of non-ortho nitro benzene ring substituents is 1. The number of ether oxygens (including phenoxy) is 1. The lowest BCUT2D eigenvalue weighted by Gasteiger charge is -2.13. The summed E-state index contributed by atoms with van der Waals surface area (Å²) in [7, 11) is 0. The first-order chi connectivity index (χ1) is 12.4. The molecule has 2 aromatic rings. The molecule has 2 aromatic carbocycles. The summed E-state index contributed by atoms with van der Waals surface area (Å²) in [6, 6.07) is 13.1. The van der Waals surface area contributed by atoms with Crippen molar-refractivity contribution in [2.24, 2.45) is 0 Å². The number of amides is 1. The predicted molar refractivity (Wildman–Crippen MR) is 97.5 cm³/mol. The van der Waals surface area contributed by atoms with Gasteiger partial charge in [0.15, 0.2) is 6.10 Å². The zero-order valence-electron chi connectivity index (χ0n) is 14.3. The van der Waals surface area contributed by atoms with Crippen LogP contribution in [0.1, 0.15) is 18.1 Å². The number of carbonyl (C=O) groups excluding carboxylic acids is 2. The van der Waals surface area contributed by atoms with Crippen LogP contribution < -0.4 is 5.32 Å². The Morgan fingerprint density at radius 3 is 2.62 bits per heavy atom. The number of nitrogens with zero attached hydrogens (tertiary/aromatic N) is 1. The number of nitro benzene ring substituents is 1. The molecular weight excluding hydrogens is 336 g/mol. The van der Waals surface area contributed by atoms with Gasteiger partial charge < -0.3 is 10.1 Å². The lowest BCUT2D eigenvalue weighted by molar-refractivity contribution is -0.384. The average molecular weight is 354 g/mol. The van der Waals surface area contributed by atoms with Gasteiger partial charge in [0.25, 0.3) is 11.6 Å². The molecule has 1 amide bonds. The van der Waals surface area contributed by atoms with Crippen LogP contribution in [0.5, 0.6) is 0 Å². The maximum absolute atomic E-state index is 12.1. The van der Waals surface area contributed by atoms with E-state index in [9.17, 15) is 19.7 Å². The van der Waals surface area contributed by atoms with Gasteiger partial charge in [0.2, 0.25) is 0 Å². The largest absolute Gasteiger partial charge is 0.449 e. The van der Waals surface area contributed by atoms with Gasteiger partial charge in [-0.2, -0.15) is 0 Å². The van der Waals surface area contributed by atoms with E-state index in [0.717, 1.165) is 11.6 Å². The molecule has 0 saturated carbocycles. The number of hydrogen-bond acceptors (Lipinski definition) is 5. The second-order valence-electron chi connectivity index (χ2n) is 5.57. The minimum atomic E-state index is -0.989. The monoisotopic (exact) mass is 354 g/mol. The molecule has 1 unspecified atom stereocenters. The number of aryl methyl sites for hydroxylation is 1. The van der Waals surface area contributed by atoms with Crippen molar-refractivity contribution >= 4 is 29.3 Å². The Morgan fingerprint density at radius 2 is 1.92 bits per heavy atom. The van der Waals surface area contributed by atoms with E-state index in [1.165, 1.54) is 31.2 Å². The molecule has 0 aliphatic rings. The van der Waals surface area contributed by atoms with Gasteiger partial charge in [-0.1, -0.05) is 30.3 Å². The topological polar surface area (TPSA) is 98.5 Å². The molecule has 0 aliphatic carbocycles. The lowest BCUT2D eigenvalue weighted by Crippen LogP contribution is -2.29. The summed E-state index contributed by atoms with van der Waals surface area (Å²) in [6.45, 7) is 3.32. The number of carbonyl (C=O) groups is 2. The highest BCUT2D eigenvalue weighted by Gasteiger charge is 2.17. The number of rotatable bonds is 6. The van der Waals surface area contributed by atoms with Crippen LogP contribution in [0.15, 0.2) is 54.6 Å². The van der Waals surface area contributed by atoms with E-state index in [0.29, 0.717) is 11.3 Å². The van der Waals surface area contributed by atoms with Crippen molar-refractivity contribution in [1.82, 2.24) is 0 Å². The Balaban J connectivity index is 1.94. The van der Waals surface area contributed by atoms with Crippen LogP contribution in [-0.2, 0) is 14.3 Å². The molecule has 0 heterocycles. The van der Waals surface area contributed by atoms with E-state index in [1.54, 1.807) is 18.2 Å². The van der Waals surface area contributed by atoms with Crippen LogP contribution in [0.3, 0.4) is 0 Å². The summed E-state index contributed by atoms with van der Waals surface area (Å²) in [6.07, 6.45) is 1.52. The van der Waals surface area contributed by atoms with Crippen LogP contribution in [0.2, 0.25) is 0 Å². The van der Waals surface area contributed by atoms with Crippen LogP contribution in [0, 0.1) is 17.0 Å². The molecule has 1 atom stereocenters. The van der Waals surface area contributed by atoms with Gasteiger partial charge in [-0.15, -0.1) is 0 Å². The third-order valence-corrected chi connectivity index (χ3v) is 3.56. The highest BCUT2D eigenvalue weighted by molar-refractivity contribution is 5.97. The average Bonchev–Trinajstić information content (AvgIpc) is 2.62. The Bertz CT molecular complexity index is 861. The Morgan fingerprint density at radius 1 is 1.19 bits per heavy atom. The molecule has 0 aromatic heterocycles. The minimum absolute atomic E-state index is 0.0773. The van der Waals surface area contributed by atoms with Gasteiger partial charge in [-0.3, -0.25) is 14.9 Å². The van der Waals surface area contributed by atoms with Gasteiger partial charge in [0.1, 0.15) is 0 Å². The quantitative estimate of drug-likeness (QED) is 0.370. The van der Waals surface area contributed by atoms with Gasteiger partial charge >= 0.3 is 5.97 Å². The third-order valence-electron chi connectivity index (χ3n) is 3.56. The molecule has 0 bridgehead atoms. The van der Waals surface area contributed by atoms with Gasteiger partial charge in [-0.05, 0) is 37.1 Å². The predicted octanol–water partition coefficient (Wildman–Crippen LogP) is 3.49. The standard InChI is InChI=1S/C19H18N2O5/c1-13-6-3-4-9-17(13)20-19(23)14(2)26-18(22)11-10-15-7-5-8-16(12-15)21(24)25/h3-12,14H,1-2H3,(H,20,23)/b11-10+. The van der Waals surface area contributed by atoms with Crippen molar-refractivity contribution in [2.45, 2.75) is 20.0 Å². The molecular formula is C19H18N2O5. The number of anilines is 1. The molecule has 7 heteroatoms. The van der Waals surface area contributed by atoms with E-state index in [1.807, 2.05) is 19.1 Å². The Kier molecular flexibility index (Phi) is 6.21. The summed E-state index contributed by atoms with van der Waals surface area (Å²) in [5.74, 6) is -1.17. The fraction of sp³-hybridized carbons (Fsp3) is 0.158. The molecule has 2 rings (SSSR count). The molecule has 134 valence electrons. The third kappa shape index (κ3) is 5.27. The summed E-state index contributed by atoms with van der Waals surface area (Å²) < 4.78 is 5.05. The highest BCUT2D eigenvalue weighted by atomic mass is 16.6. The number of benzene rings is 2. The smallest absolute Gasteiger partial charge is 0.331 e. The van der Waals surface area contributed by atoms with Crippen molar-refractivity contribution in [1.29, 1.82) is 0 Å². The Labute approximate surface area is 150 Å². The first-order valence-corrected chi connectivity index (χ1v) is 7.86. The summed E-state index contributed by atoms with van der Waals surface area (Å²) in [5.41, 5.74) is 1.94. The number of nitrogens with one attached hydrogen (secondary N) is 1. The Hall–Kier alpha value is -3.48. The van der Waals surface area contributed by atoms with Gasteiger partial charge in [-0.25, -0.2) is 4.79 Å².